The number of hydrogen-bond donors (Lipinski definition) is 1. The second-order valence-electron chi connectivity index (χ2n) is 5.79. The van der Waals surface area contributed by atoms with Crippen molar-refractivity contribution in [3.63, 3.8) is 0 Å². The van der Waals surface area contributed by atoms with E-state index in [1.165, 1.54) is 17.4 Å². The number of aromatic nitrogens is 1. The van der Waals surface area contributed by atoms with Gasteiger partial charge in [0.25, 0.3) is 0 Å². The topological polar surface area (TPSA) is 55.7 Å². The smallest absolute Gasteiger partial charge is 0.203 e. The summed E-state index contributed by atoms with van der Waals surface area (Å²) in [5, 5.41) is 7.17. The molecule has 0 atom stereocenters. The monoisotopic (exact) mass is 419 g/mol. The lowest BCUT2D eigenvalue weighted by Gasteiger charge is -2.13. The summed E-state index contributed by atoms with van der Waals surface area (Å²) < 4.78 is 25.3. The molecule has 1 aromatic heterocycles. The number of nitrogens with zero attached hydrogens (tertiary/aromatic N) is 2. The Balaban J connectivity index is 1.71. The lowest BCUT2D eigenvalue weighted by Crippen LogP contribution is -2.02. The summed E-state index contributed by atoms with van der Waals surface area (Å²) in [4.78, 5) is 4.28. The molecule has 8 heteroatoms. The maximum atomic E-state index is 13.9. The second-order valence-corrected chi connectivity index (χ2v) is 7.06. The van der Waals surface area contributed by atoms with Crippen molar-refractivity contribution in [3.05, 3.63) is 69.4 Å². The SMILES string of the molecule is CCOc1cc(C=NNc2nc(C)cs2)ccc1OCc1c(F)cccc1Cl. The van der Waals surface area contributed by atoms with Crippen LogP contribution in [0.3, 0.4) is 0 Å². The molecule has 1 heterocycles. The van der Waals surface area contributed by atoms with Crippen LogP contribution in [0.15, 0.2) is 46.9 Å². The van der Waals surface area contributed by atoms with Crippen LogP contribution >= 0.6 is 22.9 Å². The molecule has 0 aliphatic rings. The highest BCUT2D eigenvalue weighted by Gasteiger charge is 2.11. The van der Waals surface area contributed by atoms with Crippen molar-refractivity contribution in [3.8, 4) is 11.5 Å². The number of hydrazone groups is 1. The first-order chi connectivity index (χ1) is 13.6. The fraction of sp³-hybridized carbons (Fsp3) is 0.200. The molecule has 28 heavy (non-hydrogen) atoms. The van der Waals surface area contributed by atoms with E-state index in [2.05, 4.69) is 15.5 Å². The lowest BCUT2D eigenvalue weighted by atomic mass is 10.2. The molecule has 0 amide bonds. The predicted octanol–water partition coefficient (Wildman–Crippen LogP) is 5.67. The van der Waals surface area contributed by atoms with Crippen LogP contribution in [0.4, 0.5) is 9.52 Å². The van der Waals surface area contributed by atoms with Gasteiger partial charge in [0.2, 0.25) is 5.13 Å². The van der Waals surface area contributed by atoms with E-state index in [9.17, 15) is 4.39 Å². The van der Waals surface area contributed by atoms with Crippen LogP contribution in [0.5, 0.6) is 11.5 Å². The van der Waals surface area contributed by atoms with Gasteiger partial charge in [0.1, 0.15) is 12.4 Å². The van der Waals surface area contributed by atoms with Crippen molar-refractivity contribution in [1.29, 1.82) is 0 Å². The molecule has 3 rings (SSSR count). The number of thiazole rings is 1. The van der Waals surface area contributed by atoms with Crippen molar-refractivity contribution < 1.29 is 13.9 Å². The normalized spacial score (nSPS) is 11.0. The van der Waals surface area contributed by atoms with Crippen molar-refractivity contribution >= 4 is 34.3 Å². The molecule has 5 nitrogen and oxygen atoms in total. The minimum Gasteiger partial charge on any atom is -0.490 e. The summed E-state index contributed by atoms with van der Waals surface area (Å²) in [7, 11) is 0. The average Bonchev–Trinajstić information content (AvgIpc) is 3.08. The maximum Gasteiger partial charge on any atom is 0.203 e. The third-order valence-electron chi connectivity index (χ3n) is 3.69. The van der Waals surface area contributed by atoms with E-state index < -0.39 is 5.82 Å². The van der Waals surface area contributed by atoms with E-state index in [-0.39, 0.29) is 6.61 Å². The van der Waals surface area contributed by atoms with E-state index >= 15 is 0 Å². The largest absolute Gasteiger partial charge is 0.490 e. The number of halogens is 2. The first-order valence-electron chi connectivity index (χ1n) is 8.60. The fourth-order valence-corrected chi connectivity index (χ4v) is 3.23. The number of benzene rings is 2. The zero-order valence-corrected chi connectivity index (χ0v) is 17.0. The lowest BCUT2D eigenvalue weighted by molar-refractivity contribution is 0.266. The maximum absolute atomic E-state index is 13.9. The van der Waals surface area contributed by atoms with Crippen LogP contribution in [0, 0.1) is 12.7 Å². The van der Waals surface area contributed by atoms with E-state index in [0.717, 1.165) is 16.4 Å². The molecule has 0 aliphatic heterocycles. The van der Waals surface area contributed by atoms with Crippen LogP contribution in [0.2, 0.25) is 5.02 Å². The summed E-state index contributed by atoms with van der Waals surface area (Å²) in [5.41, 5.74) is 4.96. The molecular formula is C20H19ClFN3O2S. The number of aryl methyl sites for hydroxylation is 1. The van der Waals surface area contributed by atoms with Gasteiger partial charge < -0.3 is 9.47 Å². The number of ether oxygens (including phenoxy) is 2. The van der Waals surface area contributed by atoms with Crippen LogP contribution in [-0.2, 0) is 6.61 Å². The standard InChI is InChI=1S/C20H19ClFN3O2S/c1-3-26-19-9-14(10-23-25-20-24-13(2)12-28-20)7-8-18(19)27-11-15-16(21)5-4-6-17(15)22/h4-10,12H,3,11H2,1-2H3,(H,24,25). The minimum absolute atomic E-state index is 0.00394. The molecular weight excluding hydrogens is 401 g/mol. The Morgan fingerprint density at radius 1 is 1.25 bits per heavy atom. The number of hydrogen-bond acceptors (Lipinski definition) is 6. The van der Waals surface area contributed by atoms with Gasteiger partial charge in [-0.25, -0.2) is 9.37 Å². The summed E-state index contributed by atoms with van der Waals surface area (Å²) in [5.74, 6) is 0.642. The van der Waals surface area contributed by atoms with Crippen molar-refractivity contribution in [1.82, 2.24) is 4.98 Å². The van der Waals surface area contributed by atoms with Gasteiger partial charge in [0.05, 0.1) is 23.5 Å². The molecule has 2 aromatic carbocycles. The molecule has 0 spiro atoms. The van der Waals surface area contributed by atoms with Gasteiger partial charge in [-0.05, 0) is 49.7 Å². The Kier molecular flexibility index (Phi) is 6.84. The Bertz CT molecular complexity index is 958. The Morgan fingerprint density at radius 2 is 2.11 bits per heavy atom. The van der Waals surface area contributed by atoms with Gasteiger partial charge in [-0.15, -0.1) is 11.3 Å². The van der Waals surface area contributed by atoms with Crippen LogP contribution in [0.1, 0.15) is 23.7 Å². The molecule has 3 aromatic rings. The minimum atomic E-state index is -0.405. The number of nitrogens with one attached hydrogen (secondary N) is 1. The molecule has 1 N–H and O–H groups in total. The van der Waals surface area contributed by atoms with Crippen LogP contribution in [0.25, 0.3) is 0 Å². The summed E-state index contributed by atoms with van der Waals surface area (Å²) in [6.07, 6.45) is 1.66. The third kappa shape index (κ3) is 5.21. The highest BCUT2D eigenvalue weighted by molar-refractivity contribution is 7.13. The number of anilines is 1. The van der Waals surface area contributed by atoms with Crippen LogP contribution < -0.4 is 14.9 Å². The summed E-state index contributed by atoms with van der Waals surface area (Å²) >= 11 is 7.53. The highest BCUT2D eigenvalue weighted by atomic mass is 35.5. The molecule has 0 radical (unpaired) electrons. The molecule has 0 saturated carbocycles. The van der Waals surface area contributed by atoms with Crippen molar-refractivity contribution in [2.75, 3.05) is 12.0 Å². The Labute approximate surface area is 171 Å². The first-order valence-corrected chi connectivity index (χ1v) is 9.86. The fourth-order valence-electron chi connectivity index (χ4n) is 2.38. The Hall–Kier alpha value is -2.64. The third-order valence-corrected chi connectivity index (χ3v) is 4.91. The van der Waals surface area contributed by atoms with Crippen molar-refractivity contribution in [2.24, 2.45) is 5.10 Å². The van der Waals surface area contributed by atoms with Gasteiger partial charge >= 0.3 is 0 Å². The predicted molar refractivity (Wildman–Crippen MR) is 111 cm³/mol. The van der Waals surface area contributed by atoms with Gasteiger partial charge in [0, 0.05) is 10.9 Å². The molecule has 0 fully saturated rings. The zero-order valence-electron chi connectivity index (χ0n) is 15.4. The van der Waals surface area contributed by atoms with Gasteiger partial charge in [-0.1, -0.05) is 17.7 Å². The van der Waals surface area contributed by atoms with Crippen molar-refractivity contribution in [2.45, 2.75) is 20.5 Å². The van der Waals surface area contributed by atoms with Gasteiger partial charge in [-0.3, -0.25) is 5.43 Å². The molecule has 0 aliphatic carbocycles. The quantitative estimate of drug-likeness (QED) is 0.377. The summed E-state index contributed by atoms with van der Waals surface area (Å²) in [6.45, 7) is 4.27. The van der Waals surface area contributed by atoms with Crippen LogP contribution in [-0.4, -0.2) is 17.8 Å². The van der Waals surface area contributed by atoms with E-state index in [1.54, 1.807) is 30.5 Å². The summed E-state index contributed by atoms with van der Waals surface area (Å²) in [6, 6.07) is 9.93. The highest BCUT2D eigenvalue weighted by Crippen LogP contribution is 2.30. The molecule has 0 unspecified atom stereocenters. The van der Waals surface area contributed by atoms with E-state index in [4.69, 9.17) is 21.1 Å². The first kappa shape index (κ1) is 20.1. The second kappa shape index (κ2) is 9.52. The Morgan fingerprint density at radius 3 is 2.82 bits per heavy atom. The zero-order chi connectivity index (χ0) is 19.9. The molecule has 0 bridgehead atoms. The van der Waals surface area contributed by atoms with Gasteiger partial charge in [0.15, 0.2) is 11.5 Å². The number of rotatable bonds is 8. The van der Waals surface area contributed by atoms with E-state index in [0.29, 0.717) is 28.7 Å². The molecule has 146 valence electrons. The molecule has 0 saturated heterocycles. The van der Waals surface area contributed by atoms with E-state index in [1.807, 2.05) is 25.3 Å². The average molecular weight is 420 g/mol. The van der Waals surface area contributed by atoms with Gasteiger partial charge in [-0.2, -0.15) is 5.10 Å².